The molecule has 0 amide bonds. The molecule has 0 fully saturated rings. The summed E-state index contributed by atoms with van der Waals surface area (Å²) in [5, 5.41) is 0. The molecule has 0 saturated carbocycles. The van der Waals surface area contributed by atoms with Crippen LogP contribution in [-0.2, 0) is 6.42 Å². The Bertz CT molecular complexity index is 350. The number of thioether (sulfide) groups is 1. The topological polar surface area (TPSA) is 4.36 Å². The van der Waals surface area contributed by atoms with E-state index in [1.165, 1.54) is 12.1 Å². The fraction of sp³-hybridized carbons (Fsp3) is 0.300. The molecule has 1 rings (SSSR count). The molecule has 1 nitrogen and oxygen atoms in total. The van der Waals surface area contributed by atoms with Crippen molar-refractivity contribution in [2.24, 2.45) is 0 Å². The van der Waals surface area contributed by atoms with Crippen molar-refractivity contribution in [3.8, 4) is 0 Å². The minimum atomic E-state index is -4.24. The molecule has 0 saturated heterocycles. The van der Waals surface area contributed by atoms with Crippen LogP contribution >= 0.6 is 11.8 Å². The van der Waals surface area contributed by atoms with Crippen LogP contribution in [0.4, 0.5) is 13.2 Å². The van der Waals surface area contributed by atoms with Gasteiger partial charge in [0.15, 0.2) is 0 Å². The molecule has 0 N–H and O–H groups in total. The quantitative estimate of drug-likeness (QED) is 0.566. The molecule has 15 heavy (non-hydrogen) atoms. The SMILES string of the molecule is [C-]#[N+]CCc1ccc(SC(F)(F)F)cc1. The summed E-state index contributed by atoms with van der Waals surface area (Å²) < 4.78 is 35.9. The zero-order valence-corrected chi connectivity index (χ0v) is 8.53. The zero-order chi connectivity index (χ0) is 11.3. The van der Waals surface area contributed by atoms with Crippen molar-refractivity contribution < 1.29 is 13.2 Å². The van der Waals surface area contributed by atoms with Crippen LogP contribution < -0.4 is 0 Å². The largest absolute Gasteiger partial charge is 0.446 e. The van der Waals surface area contributed by atoms with E-state index >= 15 is 0 Å². The maximum atomic E-state index is 12.0. The molecule has 0 aliphatic rings. The monoisotopic (exact) mass is 231 g/mol. The van der Waals surface area contributed by atoms with E-state index in [4.69, 9.17) is 6.57 Å². The van der Waals surface area contributed by atoms with Crippen LogP contribution in [0.2, 0.25) is 0 Å². The minimum Gasteiger partial charge on any atom is -0.317 e. The maximum Gasteiger partial charge on any atom is 0.446 e. The lowest BCUT2D eigenvalue weighted by Gasteiger charge is -2.05. The summed E-state index contributed by atoms with van der Waals surface area (Å²) in [5.74, 6) is 0. The molecule has 1 aromatic rings. The normalized spacial score (nSPS) is 11.1. The summed E-state index contributed by atoms with van der Waals surface area (Å²) >= 11 is -0.127. The van der Waals surface area contributed by atoms with Crippen LogP contribution in [-0.4, -0.2) is 12.1 Å². The van der Waals surface area contributed by atoms with Crippen LogP contribution in [0, 0.1) is 6.57 Å². The smallest absolute Gasteiger partial charge is 0.317 e. The van der Waals surface area contributed by atoms with Gasteiger partial charge in [-0.05, 0) is 29.5 Å². The standard InChI is InChI=1S/C10H8F3NS/c1-14-7-6-8-2-4-9(5-3-8)15-10(11,12)13/h2-5H,6-7H2. The van der Waals surface area contributed by atoms with E-state index in [0.29, 0.717) is 13.0 Å². The first-order valence-electron chi connectivity index (χ1n) is 4.19. The lowest BCUT2D eigenvalue weighted by Crippen LogP contribution is -1.99. The van der Waals surface area contributed by atoms with E-state index in [-0.39, 0.29) is 16.7 Å². The van der Waals surface area contributed by atoms with Gasteiger partial charge in [0.05, 0.1) is 0 Å². The second kappa shape index (κ2) is 5.08. The first-order valence-corrected chi connectivity index (χ1v) is 5.01. The molecule has 80 valence electrons. The van der Waals surface area contributed by atoms with Crippen molar-refractivity contribution in [3.05, 3.63) is 41.2 Å². The molecule has 0 unspecified atom stereocenters. The molecule has 0 aliphatic carbocycles. The van der Waals surface area contributed by atoms with Crippen molar-refractivity contribution in [2.75, 3.05) is 6.54 Å². The van der Waals surface area contributed by atoms with Crippen LogP contribution in [0.25, 0.3) is 4.85 Å². The third-order valence-electron chi connectivity index (χ3n) is 1.67. The van der Waals surface area contributed by atoms with Crippen LogP contribution in [0.5, 0.6) is 0 Å². The Morgan fingerprint density at radius 3 is 2.27 bits per heavy atom. The van der Waals surface area contributed by atoms with E-state index in [2.05, 4.69) is 4.85 Å². The van der Waals surface area contributed by atoms with Gasteiger partial charge in [-0.3, -0.25) is 0 Å². The Morgan fingerprint density at radius 1 is 1.20 bits per heavy atom. The Labute approximate surface area is 90.1 Å². The number of benzene rings is 1. The van der Waals surface area contributed by atoms with E-state index < -0.39 is 5.51 Å². The highest BCUT2D eigenvalue weighted by Crippen LogP contribution is 2.36. The zero-order valence-electron chi connectivity index (χ0n) is 7.71. The number of alkyl halides is 3. The van der Waals surface area contributed by atoms with E-state index in [1.807, 2.05) is 0 Å². The van der Waals surface area contributed by atoms with E-state index in [9.17, 15) is 13.2 Å². The number of rotatable bonds is 3. The first-order chi connectivity index (χ1) is 7.01. The summed E-state index contributed by atoms with van der Waals surface area (Å²) in [7, 11) is 0. The lowest BCUT2D eigenvalue weighted by atomic mass is 10.2. The Kier molecular flexibility index (Phi) is 4.04. The van der Waals surface area contributed by atoms with Crippen LogP contribution in [0.1, 0.15) is 5.56 Å². The Morgan fingerprint density at radius 2 is 1.80 bits per heavy atom. The Hall–Kier alpha value is -1.15. The fourth-order valence-corrected chi connectivity index (χ4v) is 1.58. The van der Waals surface area contributed by atoms with Gasteiger partial charge in [0, 0.05) is 11.3 Å². The van der Waals surface area contributed by atoms with Crippen LogP contribution in [0.3, 0.4) is 0 Å². The first kappa shape index (κ1) is 11.9. The molecule has 0 heterocycles. The molecule has 0 aliphatic heterocycles. The molecule has 0 bridgehead atoms. The summed E-state index contributed by atoms with van der Waals surface area (Å²) in [5.41, 5.74) is -3.35. The van der Waals surface area contributed by atoms with Gasteiger partial charge < -0.3 is 4.85 Å². The molecule has 0 aromatic heterocycles. The number of nitrogens with zero attached hydrogens (tertiary/aromatic N) is 1. The highest BCUT2D eigenvalue weighted by Gasteiger charge is 2.28. The van der Waals surface area contributed by atoms with Crippen molar-refractivity contribution in [3.63, 3.8) is 0 Å². The fourth-order valence-electron chi connectivity index (χ4n) is 1.04. The maximum absolute atomic E-state index is 12.0. The van der Waals surface area contributed by atoms with Gasteiger partial charge in [-0.1, -0.05) is 12.1 Å². The van der Waals surface area contributed by atoms with Crippen molar-refractivity contribution in [1.82, 2.24) is 0 Å². The lowest BCUT2D eigenvalue weighted by molar-refractivity contribution is -0.0328. The third-order valence-corrected chi connectivity index (χ3v) is 2.41. The number of hydrogen-bond donors (Lipinski definition) is 0. The van der Waals surface area contributed by atoms with Crippen molar-refractivity contribution in [1.29, 1.82) is 0 Å². The van der Waals surface area contributed by atoms with E-state index in [1.54, 1.807) is 12.1 Å². The predicted molar refractivity (Wildman–Crippen MR) is 53.5 cm³/mol. The molecule has 1 aromatic carbocycles. The van der Waals surface area contributed by atoms with Gasteiger partial charge in [0.25, 0.3) is 0 Å². The summed E-state index contributed by atoms with van der Waals surface area (Å²) in [6, 6.07) is 6.10. The van der Waals surface area contributed by atoms with Gasteiger partial charge in [-0.25, -0.2) is 6.57 Å². The molecule has 5 heteroatoms. The predicted octanol–water partition coefficient (Wildman–Crippen LogP) is 3.76. The van der Waals surface area contributed by atoms with Gasteiger partial charge >= 0.3 is 5.51 Å². The average molecular weight is 231 g/mol. The van der Waals surface area contributed by atoms with Crippen molar-refractivity contribution in [2.45, 2.75) is 16.8 Å². The second-order valence-corrected chi connectivity index (χ2v) is 3.96. The molecular weight excluding hydrogens is 223 g/mol. The number of hydrogen-bond acceptors (Lipinski definition) is 1. The molecule has 0 spiro atoms. The minimum absolute atomic E-state index is 0.127. The molecular formula is C10H8F3NS. The van der Waals surface area contributed by atoms with Gasteiger partial charge in [0.1, 0.15) is 0 Å². The summed E-state index contributed by atoms with van der Waals surface area (Å²) in [6.07, 6.45) is 0.584. The third kappa shape index (κ3) is 4.75. The average Bonchev–Trinajstić information content (AvgIpc) is 2.14. The van der Waals surface area contributed by atoms with Crippen molar-refractivity contribution >= 4 is 11.8 Å². The molecule has 0 radical (unpaired) electrons. The van der Waals surface area contributed by atoms with Gasteiger partial charge in [-0.15, -0.1) is 0 Å². The summed E-state index contributed by atoms with van der Waals surface area (Å²) in [4.78, 5) is 3.35. The second-order valence-electron chi connectivity index (χ2n) is 2.82. The summed E-state index contributed by atoms with van der Waals surface area (Å²) in [6.45, 7) is 6.95. The molecule has 0 atom stereocenters. The van der Waals surface area contributed by atoms with E-state index in [0.717, 1.165) is 5.56 Å². The highest BCUT2D eigenvalue weighted by molar-refractivity contribution is 8.00. The highest BCUT2D eigenvalue weighted by atomic mass is 32.2. The number of halogens is 3. The van der Waals surface area contributed by atoms with Gasteiger partial charge in [-0.2, -0.15) is 13.2 Å². The van der Waals surface area contributed by atoms with Gasteiger partial charge in [0.2, 0.25) is 6.54 Å². The Balaban J connectivity index is 2.61. The van der Waals surface area contributed by atoms with Crippen LogP contribution in [0.15, 0.2) is 29.2 Å².